The van der Waals surface area contributed by atoms with Gasteiger partial charge in [-0.05, 0) is 24.5 Å². The van der Waals surface area contributed by atoms with Gasteiger partial charge in [-0.25, -0.2) is 4.79 Å². The van der Waals surface area contributed by atoms with Gasteiger partial charge in [-0.1, -0.05) is 38.1 Å². The van der Waals surface area contributed by atoms with E-state index < -0.39 is 0 Å². The number of ether oxygens (including phenoxy) is 1. The van der Waals surface area contributed by atoms with Crippen molar-refractivity contribution < 1.29 is 14.6 Å². The quantitative estimate of drug-likeness (QED) is 0.708. The Morgan fingerprint density at radius 3 is 2.82 bits per heavy atom. The zero-order chi connectivity index (χ0) is 15.9. The molecule has 2 amide bonds. The number of carbonyl (C=O) groups is 1. The minimum absolute atomic E-state index is 0.0408. The van der Waals surface area contributed by atoms with Gasteiger partial charge < -0.3 is 20.5 Å². The number of rotatable bonds is 6. The lowest BCUT2D eigenvalue weighted by Crippen LogP contribution is -2.36. The zero-order valence-corrected chi connectivity index (χ0v) is 13.1. The van der Waals surface area contributed by atoms with Crippen LogP contribution in [0.25, 0.3) is 0 Å². The van der Waals surface area contributed by atoms with Crippen LogP contribution in [0.1, 0.15) is 20.3 Å². The molecule has 5 heteroatoms. The third kappa shape index (κ3) is 4.77. The van der Waals surface area contributed by atoms with Crippen molar-refractivity contribution in [3.8, 4) is 5.75 Å². The minimum atomic E-state index is -0.270. The van der Waals surface area contributed by atoms with E-state index in [-0.39, 0.29) is 24.6 Å². The van der Waals surface area contributed by atoms with Gasteiger partial charge >= 0.3 is 6.03 Å². The number of hydrogen-bond acceptors (Lipinski definition) is 3. The lowest BCUT2D eigenvalue weighted by atomic mass is 10.1. The highest BCUT2D eigenvalue weighted by atomic mass is 16.5. The predicted molar refractivity (Wildman–Crippen MR) is 87.1 cm³/mol. The highest BCUT2D eigenvalue weighted by Crippen LogP contribution is 2.24. The molecular weight excluding hydrogens is 280 g/mol. The molecule has 0 fully saturated rings. The van der Waals surface area contributed by atoms with E-state index in [1.54, 1.807) is 0 Å². The van der Waals surface area contributed by atoms with Crippen LogP contribution in [0.5, 0.6) is 5.75 Å². The number of nitrogens with one attached hydrogen (secondary N) is 2. The second-order valence-electron chi connectivity index (χ2n) is 5.97. The summed E-state index contributed by atoms with van der Waals surface area (Å²) in [6, 6.07) is 7.08. The lowest BCUT2D eigenvalue weighted by molar-refractivity contribution is 0.238. The third-order valence-electron chi connectivity index (χ3n) is 3.43. The summed E-state index contributed by atoms with van der Waals surface area (Å²) in [6.07, 6.45) is 4.59. The molecule has 1 aromatic carbocycles. The number of benzene rings is 1. The van der Waals surface area contributed by atoms with Gasteiger partial charge in [-0.3, -0.25) is 0 Å². The van der Waals surface area contributed by atoms with Crippen molar-refractivity contribution in [1.82, 2.24) is 5.32 Å². The average molecular weight is 304 g/mol. The molecular formula is C17H24N2O3. The fourth-order valence-corrected chi connectivity index (χ4v) is 2.30. The van der Waals surface area contributed by atoms with Gasteiger partial charge in [0.25, 0.3) is 0 Å². The maximum absolute atomic E-state index is 12.1. The number of urea groups is 1. The Kier molecular flexibility index (Phi) is 5.83. The summed E-state index contributed by atoms with van der Waals surface area (Å²) in [6.45, 7) is 4.87. The van der Waals surface area contributed by atoms with Crippen LogP contribution < -0.4 is 15.4 Å². The molecule has 0 bridgehead atoms. The Labute approximate surface area is 131 Å². The largest absolute Gasteiger partial charge is 0.491 e. The molecule has 0 aromatic heterocycles. The fraction of sp³-hybridized carbons (Fsp3) is 0.471. The lowest BCUT2D eigenvalue weighted by Gasteiger charge is -2.16. The van der Waals surface area contributed by atoms with Gasteiger partial charge in [-0.2, -0.15) is 0 Å². The van der Waals surface area contributed by atoms with Crippen LogP contribution in [0, 0.1) is 11.8 Å². The Morgan fingerprint density at radius 2 is 2.14 bits per heavy atom. The van der Waals surface area contributed by atoms with E-state index in [2.05, 4.69) is 24.5 Å². The molecule has 0 aliphatic heterocycles. The molecule has 0 spiro atoms. The summed E-state index contributed by atoms with van der Waals surface area (Å²) < 4.78 is 5.71. The van der Waals surface area contributed by atoms with Gasteiger partial charge in [0.1, 0.15) is 5.75 Å². The van der Waals surface area contributed by atoms with Gasteiger partial charge in [0.15, 0.2) is 0 Å². The monoisotopic (exact) mass is 304 g/mol. The summed E-state index contributed by atoms with van der Waals surface area (Å²) >= 11 is 0. The number of carbonyl (C=O) groups excluding carboxylic acids is 1. The van der Waals surface area contributed by atoms with Crippen LogP contribution in [-0.2, 0) is 0 Å². The Morgan fingerprint density at radius 1 is 1.36 bits per heavy atom. The first-order valence-corrected chi connectivity index (χ1v) is 7.67. The first-order valence-electron chi connectivity index (χ1n) is 7.67. The van der Waals surface area contributed by atoms with Crippen molar-refractivity contribution in [2.24, 2.45) is 11.8 Å². The molecule has 1 aliphatic rings. The number of aliphatic hydroxyl groups is 1. The third-order valence-corrected chi connectivity index (χ3v) is 3.43. The van der Waals surface area contributed by atoms with E-state index in [0.29, 0.717) is 24.0 Å². The highest BCUT2D eigenvalue weighted by Gasteiger charge is 2.20. The molecule has 0 heterocycles. The van der Waals surface area contributed by atoms with Crippen LogP contribution >= 0.6 is 0 Å². The van der Waals surface area contributed by atoms with E-state index in [9.17, 15) is 4.79 Å². The van der Waals surface area contributed by atoms with Crippen LogP contribution in [0.2, 0.25) is 0 Å². The first kappa shape index (κ1) is 16.4. The van der Waals surface area contributed by atoms with Crippen LogP contribution in [-0.4, -0.2) is 30.4 Å². The SMILES string of the molecule is CC(C)COc1ccccc1NC(=O)N[C@@H]1C=C[C@H](CO)C1. The molecule has 0 saturated carbocycles. The number of anilines is 1. The van der Waals surface area contributed by atoms with Gasteiger partial charge in [-0.15, -0.1) is 0 Å². The molecule has 3 N–H and O–H groups in total. The van der Waals surface area contributed by atoms with Crippen LogP contribution in [0.4, 0.5) is 10.5 Å². The summed E-state index contributed by atoms with van der Waals surface area (Å²) in [7, 11) is 0. The highest BCUT2D eigenvalue weighted by molar-refractivity contribution is 5.91. The van der Waals surface area contributed by atoms with Crippen molar-refractivity contribution in [1.29, 1.82) is 0 Å². The molecule has 0 radical (unpaired) electrons. The smallest absolute Gasteiger partial charge is 0.319 e. The van der Waals surface area contributed by atoms with Crippen molar-refractivity contribution in [2.45, 2.75) is 26.3 Å². The molecule has 0 unspecified atom stereocenters. The summed E-state index contributed by atoms with van der Waals surface area (Å²) in [4.78, 5) is 12.1. The van der Waals surface area contributed by atoms with Crippen molar-refractivity contribution >= 4 is 11.7 Å². The van der Waals surface area contributed by atoms with Crippen molar-refractivity contribution in [3.05, 3.63) is 36.4 Å². The van der Waals surface area contributed by atoms with E-state index >= 15 is 0 Å². The van der Waals surface area contributed by atoms with Gasteiger partial charge in [0, 0.05) is 18.6 Å². The van der Waals surface area contributed by atoms with E-state index in [0.717, 1.165) is 6.42 Å². The Bertz CT molecular complexity index is 528. The second-order valence-corrected chi connectivity index (χ2v) is 5.97. The average Bonchev–Trinajstić information content (AvgIpc) is 2.93. The predicted octanol–water partition coefficient (Wildman–Crippen LogP) is 2.78. The number of para-hydroxylation sites is 2. The standard InChI is InChI=1S/C17H24N2O3/c1-12(2)11-22-16-6-4-3-5-15(16)19-17(21)18-14-8-7-13(9-14)10-20/h3-8,12-14,20H,9-11H2,1-2H3,(H2,18,19,21)/t13-,14+/m0/s1. The van der Waals surface area contributed by atoms with E-state index in [1.165, 1.54) is 0 Å². The molecule has 120 valence electrons. The normalized spacial score (nSPS) is 20.2. The molecule has 22 heavy (non-hydrogen) atoms. The summed E-state index contributed by atoms with van der Waals surface area (Å²) in [5.74, 6) is 1.22. The zero-order valence-electron chi connectivity index (χ0n) is 13.1. The fourth-order valence-electron chi connectivity index (χ4n) is 2.30. The molecule has 0 saturated heterocycles. The number of hydrogen-bond donors (Lipinski definition) is 3. The molecule has 1 aromatic rings. The number of aliphatic hydroxyl groups excluding tert-OH is 1. The van der Waals surface area contributed by atoms with Gasteiger partial charge in [0.05, 0.1) is 12.3 Å². The summed E-state index contributed by atoms with van der Waals surface area (Å²) in [5, 5.41) is 14.8. The van der Waals surface area contributed by atoms with E-state index in [4.69, 9.17) is 9.84 Å². The maximum Gasteiger partial charge on any atom is 0.319 e. The van der Waals surface area contributed by atoms with Gasteiger partial charge in [0.2, 0.25) is 0 Å². The molecule has 2 rings (SSSR count). The first-order chi connectivity index (χ1) is 10.6. The second kappa shape index (κ2) is 7.84. The molecule has 5 nitrogen and oxygen atoms in total. The van der Waals surface area contributed by atoms with E-state index in [1.807, 2.05) is 36.4 Å². The van der Waals surface area contributed by atoms with Crippen molar-refractivity contribution in [3.63, 3.8) is 0 Å². The minimum Gasteiger partial charge on any atom is -0.491 e. The topological polar surface area (TPSA) is 70.6 Å². The maximum atomic E-state index is 12.1. The Hall–Kier alpha value is -2.01. The summed E-state index contributed by atoms with van der Waals surface area (Å²) in [5.41, 5.74) is 0.654. The number of amides is 2. The Balaban J connectivity index is 1.90. The van der Waals surface area contributed by atoms with Crippen LogP contribution in [0.3, 0.4) is 0 Å². The molecule has 1 aliphatic carbocycles. The van der Waals surface area contributed by atoms with Crippen molar-refractivity contribution in [2.75, 3.05) is 18.5 Å². The van der Waals surface area contributed by atoms with Crippen LogP contribution in [0.15, 0.2) is 36.4 Å². The molecule has 2 atom stereocenters.